The zero-order valence-corrected chi connectivity index (χ0v) is 17.6. The van der Waals surface area contributed by atoms with Gasteiger partial charge in [-0.15, -0.1) is 0 Å². The molecule has 6 heteroatoms. The molecule has 29 heavy (non-hydrogen) atoms. The van der Waals surface area contributed by atoms with Crippen LogP contribution in [-0.2, 0) is 24.3 Å². The molecule has 1 fully saturated rings. The number of benzene rings is 1. The van der Waals surface area contributed by atoms with Crippen LogP contribution in [-0.4, -0.2) is 52.4 Å². The standard InChI is InChI=1S/C23H30N4O2/c1-16-6-7-18(22(11-16)29-3)13-26-10-8-21-20(14-26)12-24-23(25-21)19-5-4-9-27(15-19)17(2)28/h6-7,11-12,19H,4-5,8-10,13-15H2,1-3H3/t19-/m0/s1. The van der Waals surface area contributed by atoms with E-state index in [9.17, 15) is 4.79 Å². The van der Waals surface area contributed by atoms with Gasteiger partial charge in [0.25, 0.3) is 0 Å². The average molecular weight is 395 g/mol. The number of hydrogen-bond donors (Lipinski definition) is 0. The van der Waals surface area contributed by atoms with Gasteiger partial charge in [0.05, 0.1) is 7.11 Å². The molecule has 2 aromatic rings. The number of methoxy groups -OCH3 is 1. The fraction of sp³-hybridized carbons (Fsp3) is 0.522. The van der Waals surface area contributed by atoms with Crippen LogP contribution in [0.4, 0.5) is 0 Å². The Morgan fingerprint density at radius 2 is 2.17 bits per heavy atom. The molecule has 0 saturated carbocycles. The number of hydrogen-bond acceptors (Lipinski definition) is 5. The van der Waals surface area contributed by atoms with E-state index in [4.69, 9.17) is 14.7 Å². The van der Waals surface area contributed by atoms with Crippen molar-refractivity contribution in [3.63, 3.8) is 0 Å². The highest BCUT2D eigenvalue weighted by atomic mass is 16.5. The van der Waals surface area contributed by atoms with E-state index in [1.165, 1.54) is 22.4 Å². The van der Waals surface area contributed by atoms with Gasteiger partial charge >= 0.3 is 0 Å². The zero-order chi connectivity index (χ0) is 20.4. The van der Waals surface area contributed by atoms with Gasteiger partial charge in [0, 0.05) is 75.0 Å². The molecule has 0 aliphatic carbocycles. The molecule has 2 aliphatic heterocycles. The van der Waals surface area contributed by atoms with Crippen molar-refractivity contribution in [1.82, 2.24) is 19.8 Å². The van der Waals surface area contributed by atoms with E-state index in [0.717, 1.165) is 63.6 Å². The van der Waals surface area contributed by atoms with Gasteiger partial charge in [0.2, 0.25) is 5.91 Å². The highest BCUT2D eigenvalue weighted by Gasteiger charge is 2.26. The van der Waals surface area contributed by atoms with E-state index in [2.05, 4.69) is 30.0 Å². The number of amides is 1. The second-order valence-corrected chi connectivity index (χ2v) is 8.28. The lowest BCUT2D eigenvalue weighted by molar-refractivity contribution is -0.130. The summed E-state index contributed by atoms with van der Waals surface area (Å²) in [5.41, 5.74) is 4.81. The Hall–Kier alpha value is -2.47. The van der Waals surface area contributed by atoms with Gasteiger partial charge in [0.1, 0.15) is 11.6 Å². The topological polar surface area (TPSA) is 58.6 Å². The van der Waals surface area contributed by atoms with Crippen LogP contribution in [0.1, 0.15) is 53.9 Å². The minimum Gasteiger partial charge on any atom is -0.496 e. The quantitative estimate of drug-likeness (QED) is 0.798. The van der Waals surface area contributed by atoms with Gasteiger partial charge in [-0.1, -0.05) is 12.1 Å². The third kappa shape index (κ3) is 4.42. The maximum absolute atomic E-state index is 11.7. The Labute approximate surface area is 172 Å². The molecule has 1 saturated heterocycles. The lowest BCUT2D eigenvalue weighted by atomic mass is 9.96. The molecule has 0 spiro atoms. The summed E-state index contributed by atoms with van der Waals surface area (Å²) < 4.78 is 5.57. The van der Waals surface area contributed by atoms with Gasteiger partial charge < -0.3 is 9.64 Å². The second-order valence-electron chi connectivity index (χ2n) is 8.28. The normalized spacial score (nSPS) is 19.7. The third-order valence-corrected chi connectivity index (χ3v) is 6.10. The van der Waals surface area contributed by atoms with Crippen LogP contribution >= 0.6 is 0 Å². The number of ether oxygens (including phenoxy) is 1. The Bertz CT molecular complexity index is 898. The van der Waals surface area contributed by atoms with Crippen LogP contribution in [0.15, 0.2) is 24.4 Å². The number of nitrogens with zero attached hydrogens (tertiary/aromatic N) is 4. The molecule has 0 radical (unpaired) electrons. The van der Waals surface area contributed by atoms with E-state index in [1.54, 1.807) is 14.0 Å². The summed E-state index contributed by atoms with van der Waals surface area (Å²) in [6.45, 7) is 8.03. The van der Waals surface area contributed by atoms with Crippen LogP contribution < -0.4 is 4.74 Å². The molecule has 6 nitrogen and oxygen atoms in total. The lowest BCUT2D eigenvalue weighted by Gasteiger charge is -2.32. The molecule has 1 atom stereocenters. The van der Waals surface area contributed by atoms with Crippen LogP contribution in [0, 0.1) is 6.92 Å². The summed E-state index contributed by atoms with van der Waals surface area (Å²) in [7, 11) is 1.73. The largest absolute Gasteiger partial charge is 0.496 e. The minimum atomic E-state index is 0.148. The predicted octanol–water partition coefficient (Wildman–Crippen LogP) is 3.08. The Morgan fingerprint density at radius 3 is 2.97 bits per heavy atom. The van der Waals surface area contributed by atoms with Gasteiger partial charge in [-0.2, -0.15) is 0 Å². The molecule has 154 valence electrons. The van der Waals surface area contributed by atoms with Crippen molar-refractivity contribution in [3.8, 4) is 5.75 Å². The molecular weight excluding hydrogens is 364 g/mol. The maximum atomic E-state index is 11.7. The molecule has 4 rings (SSSR count). The summed E-state index contributed by atoms with van der Waals surface area (Å²) in [5, 5.41) is 0. The summed E-state index contributed by atoms with van der Waals surface area (Å²) in [4.78, 5) is 25.7. The number of rotatable bonds is 4. The molecule has 1 amide bonds. The molecule has 1 aromatic carbocycles. The first-order valence-electron chi connectivity index (χ1n) is 10.5. The van der Waals surface area contributed by atoms with Crippen molar-refractivity contribution in [3.05, 3.63) is 52.6 Å². The van der Waals surface area contributed by atoms with Gasteiger partial charge in [-0.25, -0.2) is 9.97 Å². The SMILES string of the molecule is COc1cc(C)ccc1CN1CCc2nc([C@H]3CCCN(C(C)=O)C3)ncc2C1. The fourth-order valence-electron chi connectivity index (χ4n) is 4.42. The number of carbonyl (C=O) groups excluding carboxylic acids is 1. The van der Waals surface area contributed by atoms with Crippen molar-refractivity contribution in [2.75, 3.05) is 26.7 Å². The lowest BCUT2D eigenvalue weighted by Crippen LogP contribution is -2.38. The molecule has 0 bridgehead atoms. The summed E-state index contributed by atoms with van der Waals surface area (Å²) >= 11 is 0. The number of aromatic nitrogens is 2. The monoisotopic (exact) mass is 394 g/mol. The second kappa shape index (κ2) is 8.49. The van der Waals surface area contributed by atoms with Crippen LogP contribution in [0.3, 0.4) is 0 Å². The van der Waals surface area contributed by atoms with Crippen LogP contribution in [0.5, 0.6) is 5.75 Å². The zero-order valence-electron chi connectivity index (χ0n) is 17.6. The van der Waals surface area contributed by atoms with Gasteiger partial charge in [-0.05, 0) is 31.4 Å². The molecular formula is C23H30N4O2. The molecule has 1 aromatic heterocycles. The highest BCUT2D eigenvalue weighted by molar-refractivity contribution is 5.73. The van der Waals surface area contributed by atoms with Crippen molar-refractivity contribution in [2.45, 2.75) is 52.1 Å². The smallest absolute Gasteiger partial charge is 0.219 e. The first-order valence-corrected chi connectivity index (χ1v) is 10.5. The van der Waals surface area contributed by atoms with E-state index in [-0.39, 0.29) is 11.8 Å². The summed E-state index contributed by atoms with van der Waals surface area (Å²) in [6, 6.07) is 6.39. The number of fused-ring (bicyclic) bond motifs is 1. The first kappa shape index (κ1) is 19.8. The first-order chi connectivity index (χ1) is 14.0. The van der Waals surface area contributed by atoms with Gasteiger partial charge in [-0.3, -0.25) is 9.69 Å². The number of piperidine rings is 1. The minimum absolute atomic E-state index is 0.148. The van der Waals surface area contributed by atoms with Gasteiger partial charge in [0.15, 0.2) is 0 Å². The van der Waals surface area contributed by atoms with Crippen LogP contribution in [0.2, 0.25) is 0 Å². The van der Waals surface area contributed by atoms with Crippen molar-refractivity contribution in [1.29, 1.82) is 0 Å². The Balaban J connectivity index is 1.45. The number of aryl methyl sites for hydroxylation is 1. The molecule has 3 heterocycles. The fourth-order valence-corrected chi connectivity index (χ4v) is 4.42. The Kier molecular flexibility index (Phi) is 5.81. The summed E-state index contributed by atoms with van der Waals surface area (Å²) in [6.07, 6.45) is 5.02. The number of likely N-dealkylation sites (tertiary alicyclic amines) is 1. The highest BCUT2D eigenvalue weighted by Crippen LogP contribution is 2.28. The maximum Gasteiger partial charge on any atom is 0.219 e. The number of carbonyl (C=O) groups is 1. The van der Waals surface area contributed by atoms with Crippen molar-refractivity contribution < 1.29 is 9.53 Å². The van der Waals surface area contributed by atoms with E-state index < -0.39 is 0 Å². The van der Waals surface area contributed by atoms with E-state index >= 15 is 0 Å². The molecule has 2 aliphatic rings. The van der Waals surface area contributed by atoms with Crippen LogP contribution in [0.25, 0.3) is 0 Å². The molecule has 0 unspecified atom stereocenters. The Morgan fingerprint density at radius 1 is 1.31 bits per heavy atom. The summed E-state index contributed by atoms with van der Waals surface area (Å²) in [5.74, 6) is 2.26. The van der Waals surface area contributed by atoms with E-state index in [0.29, 0.717) is 0 Å². The molecule has 0 N–H and O–H groups in total. The third-order valence-electron chi connectivity index (χ3n) is 6.10. The predicted molar refractivity (Wildman–Crippen MR) is 112 cm³/mol. The van der Waals surface area contributed by atoms with E-state index in [1.807, 2.05) is 11.1 Å². The van der Waals surface area contributed by atoms with Crippen molar-refractivity contribution in [2.24, 2.45) is 0 Å². The average Bonchev–Trinajstić information content (AvgIpc) is 2.74. The van der Waals surface area contributed by atoms with Crippen molar-refractivity contribution >= 4 is 5.91 Å².